The van der Waals surface area contributed by atoms with E-state index in [2.05, 4.69) is 4.57 Å². The molecule has 0 saturated heterocycles. The average molecular weight is 421 g/mol. The van der Waals surface area contributed by atoms with Crippen LogP contribution in [-0.2, 0) is 21.6 Å². The van der Waals surface area contributed by atoms with Crippen LogP contribution in [0.2, 0.25) is 0 Å². The lowest BCUT2D eigenvalue weighted by Crippen LogP contribution is -2.58. The van der Waals surface area contributed by atoms with Crippen molar-refractivity contribution in [3.63, 3.8) is 0 Å². The van der Waals surface area contributed by atoms with E-state index in [1.807, 2.05) is 18.2 Å². The first kappa shape index (κ1) is 18.9. The van der Waals surface area contributed by atoms with Crippen molar-refractivity contribution in [2.45, 2.75) is 56.7 Å². The molecule has 2 heterocycles. The maximum Gasteiger partial charge on any atom is 0.306 e. The normalized spacial score (nSPS) is 25.9. The highest BCUT2D eigenvalue weighted by molar-refractivity contribution is 5.94. The number of carbonyl (C=O) groups is 1. The van der Waals surface area contributed by atoms with Gasteiger partial charge in [0.15, 0.2) is 0 Å². The number of halogens is 1. The van der Waals surface area contributed by atoms with Crippen LogP contribution in [0.4, 0.5) is 4.39 Å². The molecule has 0 amide bonds. The summed E-state index contributed by atoms with van der Waals surface area (Å²) in [5.41, 5.74) is 3.23. The predicted molar refractivity (Wildman–Crippen MR) is 113 cm³/mol. The first-order valence-corrected chi connectivity index (χ1v) is 10.9. The number of hydrogen-bond donors (Lipinski definition) is 2. The Balaban J connectivity index is 1.65. The number of nitrogens with zero attached hydrogens (tertiary/aromatic N) is 1. The molecule has 6 rings (SSSR count). The molecular weight excluding hydrogens is 397 g/mol. The number of carboxylic acid groups (broad SMARTS) is 1. The molecule has 2 N–H and O–H groups in total. The number of aryl methyl sites for hydroxylation is 1. The van der Waals surface area contributed by atoms with Crippen LogP contribution in [0.1, 0.15) is 48.9 Å². The lowest BCUT2D eigenvalue weighted by molar-refractivity contribution is -0.251. The Kier molecular flexibility index (Phi) is 3.71. The van der Waals surface area contributed by atoms with Crippen molar-refractivity contribution in [2.75, 3.05) is 0 Å². The number of phenols is 1. The molecule has 2 aliphatic carbocycles. The molecule has 0 atom stereocenters. The van der Waals surface area contributed by atoms with Gasteiger partial charge in [-0.05, 0) is 74.9 Å². The number of benzene rings is 2. The molecule has 160 valence electrons. The van der Waals surface area contributed by atoms with Crippen LogP contribution in [0.3, 0.4) is 0 Å². The molecule has 2 aromatic carbocycles. The lowest BCUT2D eigenvalue weighted by atomic mass is 9.62. The summed E-state index contributed by atoms with van der Waals surface area (Å²) in [5.74, 6) is -1.33. The zero-order valence-electron chi connectivity index (χ0n) is 17.3. The van der Waals surface area contributed by atoms with Gasteiger partial charge in [-0.2, -0.15) is 0 Å². The Morgan fingerprint density at radius 3 is 2.65 bits per heavy atom. The number of carboxylic acids is 1. The smallest absolute Gasteiger partial charge is 0.306 e. The number of ether oxygens (including phenoxy) is 1. The summed E-state index contributed by atoms with van der Waals surface area (Å²) in [5, 5.41) is 21.1. The Bertz CT molecular complexity index is 1250. The third-order valence-corrected chi connectivity index (χ3v) is 7.59. The topological polar surface area (TPSA) is 71.7 Å². The van der Waals surface area contributed by atoms with Crippen LogP contribution in [0, 0.1) is 18.7 Å². The van der Waals surface area contributed by atoms with Gasteiger partial charge < -0.3 is 19.5 Å². The highest BCUT2D eigenvalue weighted by Crippen LogP contribution is 2.61. The molecule has 3 aliphatic rings. The van der Waals surface area contributed by atoms with Gasteiger partial charge in [0, 0.05) is 28.8 Å². The van der Waals surface area contributed by atoms with E-state index in [0.29, 0.717) is 24.8 Å². The third kappa shape index (κ3) is 2.48. The average Bonchev–Trinajstić information content (AvgIpc) is 3.01. The predicted octanol–water partition coefficient (Wildman–Crippen LogP) is 4.97. The fraction of sp³-hybridized carbons (Fsp3) is 0.400. The molecule has 2 fully saturated rings. The fourth-order valence-corrected chi connectivity index (χ4v) is 5.95. The van der Waals surface area contributed by atoms with E-state index in [9.17, 15) is 19.4 Å². The molecule has 5 nitrogen and oxygen atoms in total. The maximum atomic E-state index is 14.0. The molecule has 1 aromatic heterocycles. The molecule has 3 aromatic rings. The van der Waals surface area contributed by atoms with Gasteiger partial charge in [0.05, 0.1) is 22.6 Å². The molecule has 2 saturated carbocycles. The van der Waals surface area contributed by atoms with Crippen molar-refractivity contribution in [3.05, 3.63) is 59.0 Å². The SMILES string of the molecule is Cc1cc(-n2c3c(c4c(O)cccc42)[C@]2(C[C@H](C(=O)O)C2)OC2(CCC2)C3)ccc1F. The number of aliphatic carboxylic acids is 1. The Hall–Kier alpha value is -2.86. The van der Waals surface area contributed by atoms with Crippen molar-refractivity contribution in [1.82, 2.24) is 4.57 Å². The van der Waals surface area contributed by atoms with Crippen molar-refractivity contribution in [3.8, 4) is 11.4 Å². The van der Waals surface area contributed by atoms with Gasteiger partial charge in [0.25, 0.3) is 0 Å². The maximum absolute atomic E-state index is 14.0. The number of phenolic OH excluding ortho intramolecular Hbond substituents is 1. The van der Waals surface area contributed by atoms with Gasteiger partial charge in [-0.1, -0.05) is 6.07 Å². The van der Waals surface area contributed by atoms with Crippen LogP contribution in [0.5, 0.6) is 5.75 Å². The number of hydrogen-bond acceptors (Lipinski definition) is 3. The zero-order chi connectivity index (χ0) is 21.5. The molecule has 0 radical (unpaired) electrons. The lowest BCUT2D eigenvalue weighted by Gasteiger charge is -2.57. The minimum atomic E-state index is -0.800. The summed E-state index contributed by atoms with van der Waals surface area (Å²) >= 11 is 0. The summed E-state index contributed by atoms with van der Waals surface area (Å²) in [4.78, 5) is 11.6. The van der Waals surface area contributed by atoms with E-state index in [4.69, 9.17) is 4.74 Å². The van der Waals surface area contributed by atoms with Crippen LogP contribution in [0.25, 0.3) is 16.6 Å². The third-order valence-electron chi connectivity index (χ3n) is 7.59. The largest absolute Gasteiger partial charge is 0.507 e. The summed E-state index contributed by atoms with van der Waals surface area (Å²) in [6.45, 7) is 1.75. The Morgan fingerprint density at radius 1 is 1.23 bits per heavy atom. The van der Waals surface area contributed by atoms with Crippen molar-refractivity contribution in [1.29, 1.82) is 0 Å². The van der Waals surface area contributed by atoms with E-state index in [1.54, 1.807) is 19.1 Å². The quantitative estimate of drug-likeness (QED) is 0.613. The van der Waals surface area contributed by atoms with Gasteiger partial charge in [0.2, 0.25) is 0 Å². The summed E-state index contributed by atoms with van der Waals surface area (Å²) in [6.07, 6.45) is 4.50. The highest BCUT2D eigenvalue weighted by atomic mass is 19.1. The van der Waals surface area contributed by atoms with Crippen LogP contribution < -0.4 is 0 Å². The number of fused-ring (bicyclic) bond motifs is 4. The molecule has 31 heavy (non-hydrogen) atoms. The monoisotopic (exact) mass is 421 g/mol. The van der Waals surface area contributed by atoms with Crippen LogP contribution >= 0.6 is 0 Å². The van der Waals surface area contributed by atoms with Gasteiger partial charge in [-0.25, -0.2) is 4.39 Å². The second kappa shape index (κ2) is 6.10. The molecule has 0 unspecified atom stereocenters. The standard InChI is InChI=1S/C25H24FNO4/c1-14-10-16(6-7-17(14)26)27-18-4-2-5-20(28)21(18)22-19(27)13-24(8-3-9-24)31-25(22)11-15(12-25)23(29)30/h2,4-7,10,15,28H,3,8-9,11-13H2,1H3,(H,29,30)/t15-,25+. The first-order chi connectivity index (χ1) is 14.8. The molecule has 1 aliphatic heterocycles. The van der Waals surface area contributed by atoms with Gasteiger partial charge in [-0.3, -0.25) is 4.79 Å². The first-order valence-electron chi connectivity index (χ1n) is 10.9. The second-order valence-electron chi connectivity index (χ2n) is 9.51. The van der Waals surface area contributed by atoms with Crippen molar-refractivity contribution < 1.29 is 24.1 Å². The molecule has 0 bridgehead atoms. The van der Waals surface area contributed by atoms with Crippen LogP contribution in [-0.4, -0.2) is 26.4 Å². The Labute approximate surface area is 179 Å². The van der Waals surface area contributed by atoms with E-state index in [0.717, 1.165) is 47.1 Å². The molecule has 2 spiro atoms. The van der Waals surface area contributed by atoms with Crippen molar-refractivity contribution >= 4 is 16.9 Å². The summed E-state index contributed by atoms with van der Waals surface area (Å²) in [6, 6.07) is 10.5. The highest BCUT2D eigenvalue weighted by Gasteiger charge is 2.60. The zero-order valence-corrected chi connectivity index (χ0v) is 17.3. The van der Waals surface area contributed by atoms with E-state index < -0.39 is 17.5 Å². The minimum absolute atomic E-state index is 0.164. The number of rotatable bonds is 2. The molecular formula is C25H24FNO4. The van der Waals surface area contributed by atoms with Gasteiger partial charge in [-0.15, -0.1) is 0 Å². The van der Waals surface area contributed by atoms with E-state index in [-0.39, 0.29) is 17.2 Å². The molecule has 6 heteroatoms. The van der Waals surface area contributed by atoms with Crippen molar-refractivity contribution in [2.24, 2.45) is 5.92 Å². The number of aromatic hydroxyl groups is 1. The van der Waals surface area contributed by atoms with E-state index in [1.165, 1.54) is 6.07 Å². The van der Waals surface area contributed by atoms with E-state index >= 15 is 0 Å². The Morgan fingerprint density at radius 2 is 2.00 bits per heavy atom. The summed E-state index contributed by atoms with van der Waals surface area (Å²) in [7, 11) is 0. The minimum Gasteiger partial charge on any atom is -0.507 e. The van der Waals surface area contributed by atoms with Gasteiger partial charge in [0.1, 0.15) is 11.6 Å². The summed E-state index contributed by atoms with van der Waals surface area (Å²) < 4.78 is 22.9. The fourth-order valence-electron chi connectivity index (χ4n) is 5.95. The van der Waals surface area contributed by atoms with Crippen LogP contribution in [0.15, 0.2) is 36.4 Å². The number of aromatic nitrogens is 1. The second-order valence-corrected chi connectivity index (χ2v) is 9.51. The van der Waals surface area contributed by atoms with Gasteiger partial charge >= 0.3 is 5.97 Å².